The number of benzene rings is 1. The molecule has 0 aromatic heterocycles. The van der Waals surface area contributed by atoms with Crippen molar-refractivity contribution in [3.8, 4) is 0 Å². The second-order valence-corrected chi connectivity index (χ2v) is 5.05. The molecule has 0 radical (unpaired) electrons. The van der Waals surface area contributed by atoms with Crippen molar-refractivity contribution in [2.75, 3.05) is 18.5 Å². The molecule has 18 heavy (non-hydrogen) atoms. The highest BCUT2D eigenvalue weighted by atomic mass is 35.5. The van der Waals surface area contributed by atoms with Crippen molar-refractivity contribution in [2.45, 2.75) is 18.9 Å². The third kappa shape index (κ3) is 2.57. The summed E-state index contributed by atoms with van der Waals surface area (Å²) in [5.74, 6) is 0.617. The summed E-state index contributed by atoms with van der Waals surface area (Å²) in [5.41, 5.74) is 6.59. The van der Waals surface area contributed by atoms with Gasteiger partial charge in [-0.15, -0.1) is 0 Å². The second kappa shape index (κ2) is 5.12. The van der Waals surface area contributed by atoms with Gasteiger partial charge in [0.2, 0.25) is 0 Å². The van der Waals surface area contributed by atoms with Crippen molar-refractivity contribution in [1.82, 2.24) is 0 Å². The largest absolute Gasteiger partial charge is 0.369 e. The molecule has 1 aliphatic rings. The Balaban J connectivity index is 2.24. The molecule has 2 rings (SSSR count). The van der Waals surface area contributed by atoms with E-state index in [-0.39, 0.29) is 11.7 Å². The third-order valence-electron chi connectivity index (χ3n) is 3.43. The lowest BCUT2D eigenvalue weighted by atomic mass is 10.1. The number of nitrogens with zero attached hydrogens (tertiary/aromatic N) is 2. The van der Waals surface area contributed by atoms with Crippen LogP contribution in [0.1, 0.15) is 12.8 Å². The first-order valence-electron chi connectivity index (χ1n) is 5.91. The van der Waals surface area contributed by atoms with Crippen LogP contribution in [0.3, 0.4) is 0 Å². The number of non-ortho nitro benzene ring substituents is 1. The van der Waals surface area contributed by atoms with Crippen molar-refractivity contribution < 1.29 is 4.92 Å². The monoisotopic (exact) mass is 269 g/mol. The summed E-state index contributed by atoms with van der Waals surface area (Å²) in [6.07, 6.45) is 2.38. The maximum Gasteiger partial charge on any atom is 0.271 e. The molecule has 1 fully saturated rings. The van der Waals surface area contributed by atoms with Crippen LogP contribution in [0.4, 0.5) is 11.4 Å². The summed E-state index contributed by atoms with van der Waals surface area (Å²) in [6.45, 7) is 0.564. The van der Waals surface area contributed by atoms with E-state index < -0.39 is 4.92 Å². The maximum absolute atomic E-state index is 10.7. The summed E-state index contributed by atoms with van der Waals surface area (Å²) in [6, 6.07) is 4.79. The van der Waals surface area contributed by atoms with Gasteiger partial charge in [0.15, 0.2) is 0 Å². The fourth-order valence-electron chi connectivity index (χ4n) is 2.22. The number of hydrogen-bond donors (Lipinski definition) is 1. The van der Waals surface area contributed by atoms with E-state index in [0.29, 0.717) is 17.5 Å². The minimum absolute atomic E-state index is 0.00729. The van der Waals surface area contributed by atoms with Gasteiger partial charge >= 0.3 is 0 Å². The molecule has 6 heteroatoms. The Morgan fingerprint density at radius 1 is 1.61 bits per heavy atom. The van der Waals surface area contributed by atoms with Gasteiger partial charge in [-0.2, -0.15) is 0 Å². The van der Waals surface area contributed by atoms with Gasteiger partial charge in [0.1, 0.15) is 0 Å². The van der Waals surface area contributed by atoms with Crippen molar-refractivity contribution in [1.29, 1.82) is 0 Å². The molecule has 2 N–H and O–H groups in total. The van der Waals surface area contributed by atoms with Crippen molar-refractivity contribution in [3.05, 3.63) is 33.3 Å². The molecule has 1 unspecified atom stereocenters. The van der Waals surface area contributed by atoms with Crippen LogP contribution in [0.15, 0.2) is 18.2 Å². The molecule has 1 saturated carbocycles. The van der Waals surface area contributed by atoms with E-state index in [1.165, 1.54) is 25.0 Å². The number of rotatable bonds is 5. The van der Waals surface area contributed by atoms with E-state index in [9.17, 15) is 10.1 Å². The van der Waals surface area contributed by atoms with Crippen molar-refractivity contribution in [2.24, 2.45) is 11.7 Å². The normalized spacial score (nSPS) is 16.4. The number of halogens is 1. The third-order valence-corrected chi connectivity index (χ3v) is 3.73. The molecule has 0 aliphatic heterocycles. The fourth-order valence-corrected chi connectivity index (χ4v) is 2.53. The Hall–Kier alpha value is -1.33. The van der Waals surface area contributed by atoms with E-state index in [4.69, 9.17) is 17.3 Å². The van der Waals surface area contributed by atoms with Gasteiger partial charge in [-0.25, -0.2) is 0 Å². The van der Waals surface area contributed by atoms with Crippen LogP contribution < -0.4 is 10.6 Å². The Kier molecular flexibility index (Phi) is 3.73. The van der Waals surface area contributed by atoms with Crippen molar-refractivity contribution >= 4 is 23.0 Å². The molecule has 0 amide bonds. The first-order valence-corrected chi connectivity index (χ1v) is 6.29. The van der Waals surface area contributed by atoms with Crippen LogP contribution >= 0.6 is 11.6 Å². The van der Waals surface area contributed by atoms with Crippen molar-refractivity contribution in [3.63, 3.8) is 0 Å². The average molecular weight is 270 g/mol. The molecule has 0 saturated heterocycles. The molecular formula is C12H16ClN3O2. The van der Waals surface area contributed by atoms with Gasteiger partial charge in [-0.05, 0) is 24.8 Å². The highest BCUT2D eigenvalue weighted by Crippen LogP contribution is 2.38. The Morgan fingerprint density at radius 2 is 2.28 bits per heavy atom. The zero-order chi connectivity index (χ0) is 13.3. The number of anilines is 1. The highest BCUT2D eigenvalue weighted by Gasteiger charge is 2.33. The van der Waals surface area contributed by atoms with Gasteiger partial charge in [0.05, 0.1) is 15.6 Å². The molecule has 1 aromatic rings. The molecule has 0 spiro atoms. The average Bonchev–Trinajstić information content (AvgIpc) is 3.14. The molecule has 5 nitrogen and oxygen atoms in total. The van der Waals surface area contributed by atoms with Crippen LogP contribution in [0, 0.1) is 16.0 Å². The van der Waals surface area contributed by atoms with E-state index in [2.05, 4.69) is 0 Å². The predicted molar refractivity (Wildman–Crippen MR) is 72.1 cm³/mol. The van der Waals surface area contributed by atoms with Crippen LogP contribution in [-0.2, 0) is 0 Å². The SMILES string of the molecule is CN(c1ccc([N+](=O)[O-])cc1Cl)C(CN)C1CC1. The van der Waals surface area contributed by atoms with Gasteiger partial charge in [-0.1, -0.05) is 11.6 Å². The Morgan fingerprint density at radius 3 is 2.72 bits per heavy atom. The lowest BCUT2D eigenvalue weighted by molar-refractivity contribution is -0.384. The number of nitro benzene ring substituents is 1. The number of likely N-dealkylation sites (N-methyl/N-ethyl adjacent to an activating group) is 1. The molecule has 1 aliphatic carbocycles. The van der Waals surface area contributed by atoms with E-state index in [1.807, 2.05) is 11.9 Å². The van der Waals surface area contributed by atoms with Gasteiger partial charge < -0.3 is 10.6 Å². The lowest BCUT2D eigenvalue weighted by Crippen LogP contribution is -2.39. The van der Waals surface area contributed by atoms with Gasteiger partial charge in [0.25, 0.3) is 5.69 Å². The quantitative estimate of drug-likeness (QED) is 0.658. The molecule has 0 bridgehead atoms. The molecular weight excluding hydrogens is 254 g/mol. The molecule has 1 aromatic carbocycles. The number of nitro groups is 1. The van der Waals surface area contributed by atoms with E-state index >= 15 is 0 Å². The predicted octanol–water partition coefficient (Wildman–Crippen LogP) is 2.42. The van der Waals surface area contributed by atoms with E-state index in [1.54, 1.807) is 6.07 Å². The van der Waals surface area contributed by atoms with Crippen LogP contribution in [-0.4, -0.2) is 24.6 Å². The summed E-state index contributed by atoms with van der Waals surface area (Å²) < 4.78 is 0. The topological polar surface area (TPSA) is 72.4 Å². The summed E-state index contributed by atoms with van der Waals surface area (Å²) in [5, 5.41) is 11.1. The van der Waals surface area contributed by atoms with Crippen LogP contribution in [0.5, 0.6) is 0 Å². The summed E-state index contributed by atoms with van der Waals surface area (Å²) in [4.78, 5) is 12.2. The number of hydrogen-bond acceptors (Lipinski definition) is 4. The Labute approximate surface area is 111 Å². The fraction of sp³-hybridized carbons (Fsp3) is 0.500. The summed E-state index contributed by atoms with van der Waals surface area (Å²) in [7, 11) is 1.93. The first kappa shape index (κ1) is 13.1. The smallest absolute Gasteiger partial charge is 0.271 e. The standard InChI is InChI=1S/C12H16ClN3O2/c1-15(12(7-14)8-2-3-8)11-5-4-9(16(17)18)6-10(11)13/h4-6,8,12H,2-3,7,14H2,1H3. The Bertz CT molecular complexity index is 463. The summed E-state index contributed by atoms with van der Waals surface area (Å²) >= 11 is 6.11. The zero-order valence-electron chi connectivity index (χ0n) is 10.2. The lowest BCUT2D eigenvalue weighted by Gasteiger charge is -2.29. The molecule has 98 valence electrons. The first-order chi connectivity index (χ1) is 8.54. The van der Waals surface area contributed by atoms with Gasteiger partial charge in [0, 0.05) is 31.8 Å². The second-order valence-electron chi connectivity index (χ2n) is 4.64. The van der Waals surface area contributed by atoms with Crippen LogP contribution in [0.25, 0.3) is 0 Å². The van der Waals surface area contributed by atoms with Crippen LogP contribution in [0.2, 0.25) is 5.02 Å². The minimum atomic E-state index is -0.447. The van der Waals surface area contributed by atoms with Gasteiger partial charge in [-0.3, -0.25) is 10.1 Å². The maximum atomic E-state index is 10.7. The zero-order valence-corrected chi connectivity index (χ0v) is 10.9. The minimum Gasteiger partial charge on any atom is -0.369 e. The highest BCUT2D eigenvalue weighted by molar-refractivity contribution is 6.33. The molecule has 0 heterocycles. The number of nitrogens with two attached hydrogens (primary N) is 1. The molecule has 1 atom stereocenters. The van der Waals surface area contributed by atoms with E-state index in [0.717, 1.165) is 5.69 Å².